The summed E-state index contributed by atoms with van der Waals surface area (Å²) in [4.78, 5) is 16.4. The molecular weight excluding hydrogens is 448 g/mol. The van der Waals surface area contributed by atoms with Crippen molar-refractivity contribution in [1.82, 2.24) is 9.80 Å². The smallest absolute Gasteiger partial charge is 0.410 e. The van der Waals surface area contributed by atoms with Crippen LogP contribution in [-0.4, -0.2) is 75.0 Å². The maximum absolute atomic E-state index is 12.0. The first-order valence-corrected chi connectivity index (χ1v) is 12.0. The minimum atomic E-state index is -0.108. The zero-order valence-electron chi connectivity index (χ0n) is 17.9. The van der Waals surface area contributed by atoms with Crippen LogP contribution in [0, 0.1) is 11.8 Å². The number of likely N-dealkylation sites (tertiary alicyclic amines) is 1. The van der Waals surface area contributed by atoms with Crippen molar-refractivity contribution in [3.63, 3.8) is 0 Å². The summed E-state index contributed by atoms with van der Waals surface area (Å²) >= 11 is 3.70. The van der Waals surface area contributed by atoms with Crippen molar-refractivity contribution in [1.29, 1.82) is 0 Å². The Kier molecular flexibility index (Phi) is 7.55. The molecule has 1 aliphatic carbocycles. The molecule has 3 aliphatic rings. The Morgan fingerprint density at radius 1 is 1.17 bits per heavy atom. The van der Waals surface area contributed by atoms with E-state index in [1.165, 1.54) is 24.8 Å². The molecule has 0 aromatic heterocycles. The fourth-order valence-corrected chi connectivity index (χ4v) is 4.85. The highest BCUT2D eigenvalue weighted by atomic mass is 79.9. The van der Waals surface area contributed by atoms with Crippen LogP contribution in [0.15, 0.2) is 22.7 Å². The Hall–Kier alpha value is -1.31. The lowest BCUT2D eigenvalue weighted by molar-refractivity contribution is 0.122. The van der Waals surface area contributed by atoms with Gasteiger partial charge >= 0.3 is 6.09 Å². The van der Waals surface area contributed by atoms with Gasteiger partial charge in [0.25, 0.3) is 0 Å². The number of hydrogen-bond donors (Lipinski definition) is 0. The number of rotatable bonds is 11. The Labute approximate surface area is 188 Å². The maximum Gasteiger partial charge on any atom is 0.410 e. The highest BCUT2D eigenvalue weighted by Gasteiger charge is 2.35. The van der Waals surface area contributed by atoms with E-state index in [1.807, 2.05) is 11.0 Å². The quantitative estimate of drug-likeness (QED) is 0.448. The van der Waals surface area contributed by atoms with Crippen LogP contribution in [0.25, 0.3) is 0 Å². The minimum absolute atomic E-state index is 0.0605. The van der Waals surface area contributed by atoms with Crippen LogP contribution >= 0.6 is 15.9 Å². The van der Waals surface area contributed by atoms with Gasteiger partial charge in [-0.05, 0) is 74.2 Å². The molecule has 0 radical (unpaired) electrons. The van der Waals surface area contributed by atoms with Gasteiger partial charge in [0.15, 0.2) is 0 Å². The maximum atomic E-state index is 12.0. The summed E-state index contributed by atoms with van der Waals surface area (Å²) in [6.45, 7) is 6.06. The number of methoxy groups -OCH3 is 1. The van der Waals surface area contributed by atoms with Crippen LogP contribution < -0.4 is 4.74 Å². The molecule has 2 atom stereocenters. The lowest BCUT2D eigenvalue weighted by atomic mass is 9.98. The van der Waals surface area contributed by atoms with Gasteiger partial charge in [-0.2, -0.15) is 0 Å². The topological polar surface area (TPSA) is 51.2 Å². The third-order valence-corrected chi connectivity index (χ3v) is 7.12. The number of nitrogens with zero attached hydrogens (tertiary/aromatic N) is 2. The van der Waals surface area contributed by atoms with Gasteiger partial charge in [0.2, 0.25) is 0 Å². The number of carbonyl (C=O) groups excluding carboxylic acids is 1. The summed E-state index contributed by atoms with van der Waals surface area (Å²) in [5.74, 6) is 2.27. The monoisotopic (exact) mass is 480 g/mol. The van der Waals surface area contributed by atoms with Crippen molar-refractivity contribution in [2.45, 2.75) is 38.2 Å². The molecule has 3 fully saturated rings. The summed E-state index contributed by atoms with van der Waals surface area (Å²) in [6.07, 6.45) is 5.68. The number of hydrogen-bond acceptors (Lipinski definition) is 5. The zero-order valence-corrected chi connectivity index (χ0v) is 19.4. The Morgan fingerprint density at radius 3 is 2.83 bits per heavy atom. The van der Waals surface area contributed by atoms with Crippen molar-refractivity contribution in [3.8, 4) is 5.75 Å². The molecule has 2 saturated heterocycles. The second-order valence-electron chi connectivity index (χ2n) is 8.90. The average molecular weight is 481 g/mol. The van der Waals surface area contributed by atoms with Gasteiger partial charge in [-0.15, -0.1) is 0 Å². The number of amides is 1. The van der Waals surface area contributed by atoms with Crippen LogP contribution in [0.4, 0.5) is 4.79 Å². The van der Waals surface area contributed by atoms with Gasteiger partial charge in [0.05, 0.1) is 13.2 Å². The van der Waals surface area contributed by atoms with Crippen molar-refractivity contribution in [2.75, 3.05) is 53.0 Å². The van der Waals surface area contributed by atoms with Crippen molar-refractivity contribution < 1.29 is 19.0 Å². The van der Waals surface area contributed by atoms with Gasteiger partial charge in [-0.25, -0.2) is 4.79 Å². The lowest BCUT2D eigenvalue weighted by Crippen LogP contribution is -2.29. The van der Waals surface area contributed by atoms with E-state index in [0.29, 0.717) is 19.1 Å². The lowest BCUT2D eigenvalue weighted by Gasteiger charge is -2.18. The summed E-state index contributed by atoms with van der Waals surface area (Å²) in [7, 11) is 1.68. The third kappa shape index (κ3) is 6.11. The van der Waals surface area contributed by atoms with Gasteiger partial charge in [-0.1, -0.05) is 15.9 Å². The molecule has 4 rings (SSSR count). The van der Waals surface area contributed by atoms with Crippen molar-refractivity contribution in [2.24, 2.45) is 11.8 Å². The molecule has 6 nitrogen and oxygen atoms in total. The minimum Gasteiger partial charge on any atom is -0.491 e. The molecule has 0 spiro atoms. The van der Waals surface area contributed by atoms with E-state index in [4.69, 9.17) is 14.2 Å². The molecule has 2 unspecified atom stereocenters. The summed E-state index contributed by atoms with van der Waals surface area (Å²) in [6, 6.07) is 6.22. The van der Waals surface area contributed by atoms with Gasteiger partial charge in [-0.3, -0.25) is 0 Å². The van der Waals surface area contributed by atoms with E-state index < -0.39 is 0 Å². The van der Waals surface area contributed by atoms with Crippen molar-refractivity contribution in [3.05, 3.63) is 28.2 Å². The van der Waals surface area contributed by atoms with Gasteiger partial charge < -0.3 is 24.0 Å². The number of cyclic esters (lactones) is 1. The van der Waals surface area contributed by atoms with E-state index in [-0.39, 0.29) is 12.2 Å². The molecule has 0 N–H and O–H groups in total. The normalized spacial score (nSPS) is 24.5. The van der Waals surface area contributed by atoms with E-state index in [2.05, 4.69) is 33.0 Å². The molecule has 1 saturated carbocycles. The fourth-order valence-electron chi connectivity index (χ4n) is 4.45. The predicted molar refractivity (Wildman–Crippen MR) is 119 cm³/mol. The van der Waals surface area contributed by atoms with E-state index in [1.54, 1.807) is 7.11 Å². The van der Waals surface area contributed by atoms with E-state index in [9.17, 15) is 4.79 Å². The first-order chi connectivity index (χ1) is 14.6. The number of carbonyl (C=O) groups is 1. The van der Waals surface area contributed by atoms with E-state index in [0.717, 1.165) is 61.7 Å². The molecule has 166 valence electrons. The molecule has 1 amide bonds. The van der Waals surface area contributed by atoms with Crippen LogP contribution in [0.3, 0.4) is 0 Å². The molecule has 1 aromatic rings. The van der Waals surface area contributed by atoms with Crippen molar-refractivity contribution >= 4 is 22.0 Å². The first-order valence-electron chi connectivity index (χ1n) is 11.2. The third-order valence-electron chi connectivity index (χ3n) is 6.34. The molecule has 7 heteroatoms. The Balaban J connectivity index is 1.20. The Morgan fingerprint density at radius 2 is 2.03 bits per heavy atom. The summed E-state index contributed by atoms with van der Waals surface area (Å²) < 4.78 is 17.6. The predicted octanol–water partition coefficient (Wildman–Crippen LogP) is 3.96. The zero-order chi connectivity index (χ0) is 20.9. The summed E-state index contributed by atoms with van der Waals surface area (Å²) in [5.41, 5.74) is 1.30. The van der Waals surface area contributed by atoms with Crippen LogP contribution in [0.5, 0.6) is 5.75 Å². The molecule has 1 aromatic carbocycles. The fraction of sp³-hybridized carbons (Fsp3) is 0.696. The number of benzene rings is 1. The number of ether oxygens (including phenoxy) is 3. The second-order valence-corrected chi connectivity index (χ2v) is 9.75. The molecule has 2 heterocycles. The molecule has 0 bridgehead atoms. The van der Waals surface area contributed by atoms with E-state index >= 15 is 0 Å². The summed E-state index contributed by atoms with van der Waals surface area (Å²) in [5, 5.41) is 0. The first kappa shape index (κ1) is 21.9. The largest absolute Gasteiger partial charge is 0.491 e. The van der Waals surface area contributed by atoms with Gasteiger partial charge in [0.1, 0.15) is 18.5 Å². The van der Waals surface area contributed by atoms with Crippen LogP contribution in [0.2, 0.25) is 0 Å². The Bertz CT molecular complexity index is 727. The SMILES string of the molecule is COCCOc1ccc(Br)c(CC2CCN(CCC3CN(CC4CC4)C(=O)O3)C2)c1. The number of halogens is 1. The molecule has 2 aliphatic heterocycles. The van der Waals surface area contributed by atoms with Crippen LogP contribution in [-0.2, 0) is 15.9 Å². The average Bonchev–Trinajstić information content (AvgIpc) is 3.32. The standard InChI is InChI=1S/C23H33BrN2O4/c1-28-10-11-29-20-4-5-22(24)19(13-20)12-18-6-8-25(14-18)9-7-21-16-26(23(27)30-21)15-17-2-3-17/h4-5,13,17-18,21H,2-3,6-12,14-16H2,1H3. The highest BCUT2D eigenvalue weighted by Crippen LogP contribution is 2.32. The van der Waals surface area contributed by atoms with Gasteiger partial charge in [0, 0.05) is 31.2 Å². The second kappa shape index (κ2) is 10.3. The van der Waals surface area contributed by atoms with Crippen LogP contribution in [0.1, 0.15) is 31.2 Å². The molecule has 30 heavy (non-hydrogen) atoms. The highest BCUT2D eigenvalue weighted by molar-refractivity contribution is 9.10. The molecular formula is C23H33BrN2O4.